The van der Waals surface area contributed by atoms with Gasteiger partial charge in [0.15, 0.2) is 0 Å². The summed E-state index contributed by atoms with van der Waals surface area (Å²) in [5.41, 5.74) is 5.30. The van der Waals surface area contributed by atoms with Gasteiger partial charge in [-0.15, -0.1) is 0 Å². The van der Waals surface area contributed by atoms with Gasteiger partial charge >= 0.3 is 5.97 Å². The van der Waals surface area contributed by atoms with Crippen molar-refractivity contribution >= 4 is 5.97 Å². The van der Waals surface area contributed by atoms with Crippen LogP contribution in [0.25, 0.3) is 0 Å². The number of carbonyl (C=O) groups is 1. The van der Waals surface area contributed by atoms with E-state index in [1.807, 2.05) is 0 Å². The van der Waals surface area contributed by atoms with Crippen LogP contribution in [0.5, 0.6) is 0 Å². The zero-order valence-corrected chi connectivity index (χ0v) is 8.09. The van der Waals surface area contributed by atoms with Gasteiger partial charge in [-0.05, 0) is 19.4 Å². The molecule has 0 heterocycles. The maximum Gasteiger partial charge on any atom is 0.303 e. The van der Waals surface area contributed by atoms with Crippen molar-refractivity contribution in [2.45, 2.75) is 32.1 Å². The molecule has 4 heteroatoms. The minimum Gasteiger partial charge on any atom is -0.481 e. The lowest BCUT2D eigenvalue weighted by Crippen LogP contribution is -2.23. The first-order chi connectivity index (χ1) is 6.27. The van der Waals surface area contributed by atoms with Crippen molar-refractivity contribution in [2.75, 3.05) is 19.6 Å². The Hall–Kier alpha value is -0.610. The Morgan fingerprint density at radius 1 is 1.15 bits per heavy atom. The molecule has 0 bridgehead atoms. The Labute approximate surface area is 79.5 Å². The van der Waals surface area contributed by atoms with E-state index in [4.69, 9.17) is 10.8 Å². The van der Waals surface area contributed by atoms with Crippen LogP contribution in [0.2, 0.25) is 0 Å². The van der Waals surface area contributed by atoms with Crippen LogP contribution >= 0.6 is 0 Å². The molecular formula is C9H20N2O2. The van der Waals surface area contributed by atoms with Gasteiger partial charge < -0.3 is 16.2 Å². The van der Waals surface area contributed by atoms with Crippen LogP contribution in [-0.4, -0.2) is 30.7 Å². The minimum absolute atomic E-state index is 0.302. The molecule has 13 heavy (non-hydrogen) atoms. The number of nitrogens with one attached hydrogen (secondary N) is 1. The highest BCUT2D eigenvalue weighted by Gasteiger charge is 1.95. The first-order valence-electron chi connectivity index (χ1n) is 4.90. The molecule has 0 amide bonds. The summed E-state index contributed by atoms with van der Waals surface area (Å²) in [6.07, 6.45) is 4.32. The monoisotopic (exact) mass is 188 g/mol. The average Bonchev–Trinajstić information content (AvgIpc) is 2.09. The van der Waals surface area contributed by atoms with Crippen LogP contribution in [0.1, 0.15) is 32.1 Å². The van der Waals surface area contributed by atoms with Crippen LogP contribution in [0, 0.1) is 0 Å². The number of carboxylic acid groups (broad SMARTS) is 1. The Morgan fingerprint density at radius 2 is 1.85 bits per heavy atom. The lowest BCUT2D eigenvalue weighted by atomic mass is 10.1. The number of carboxylic acids is 1. The molecule has 0 spiro atoms. The van der Waals surface area contributed by atoms with Gasteiger partial charge in [0.25, 0.3) is 0 Å². The highest BCUT2D eigenvalue weighted by molar-refractivity contribution is 5.66. The maximum absolute atomic E-state index is 10.1. The molecule has 0 aromatic rings. The molecule has 0 rings (SSSR count). The molecule has 0 saturated carbocycles. The Balaban J connectivity index is 2.87. The molecule has 0 aliphatic heterocycles. The third kappa shape index (κ3) is 11.4. The third-order valence-electron chi connectivity index (χ3n) is 1.82. The molecule has 0 unspecified atom stereocenters. The van der Waals surface area contributed by atoms with Gasteiger partial charge in [0.2, 0.25) is 0 Å². The summed E-state index contributed by atoms with van der Waals surface area (Å²) in [5.74, 6) is -0.693. The Morgan fingerprint density at radius 3 is 2.46 bits per heavy atom. The number of rotatable bonds is 9. The normalized spacial score (nSPS) is 10.2. The van der Waals surface area contributed by atoms with Crippen LogP contribution in [0.3, 0.4) is 0 Å². The highest BCUT2D eigenvalue weighted by Crippen LogP contribution is 2.01. The Kier molecular flexibility index (Phi) is 9.03. The summed E-state index contributed by atoms with van der Waals surface area (Å²) >= 11 is 0. The van der Waals surface area contributed by atoms with Crippen molar-refractivity contribution in [1.29, 1.82) is 0 Å². The van der Waals surface area contributed by atoms with E-state index in [1.54, 1.807) is 0 Å². The van der Waals surface area contributed by atoms with Gasteiger partial charge in [-0.1, -0.05) is 12.8 Å². The molecule has 4 nitrogen and oxygen atoms in total. The fourth-order valence-corrected chi connectivity index (χ4v) is 1.11. The zero-order chi connectivity index (χ0) is 9.94. The number of unbranched alkanes of at least 4 members (excludes halogenated alkanes) is 3. The topological polar surface area (TPSA) is 75.3 Å². The number of aliphatic carboxylic acids is 1. The van der Waals surface area contributed by atoms with E-state index in [-0.39, 0.29) is 0 Å². The van der Waals surface area contributed by atoms with E-state index in [2.05, 4.69) is 5.32 Å². The van der Waals surface area contributed by atoms with Crippen molar-refractivity contribution in [3.8, 4) is 0 Å². The fraction of sp³-hybridized carbons (Fsp3) is 0.889. The lowest BCUT2D eigenvalue weighted by molar-refractivity contribution is -0.137. The minimum atomic E-state index is -0.693. The van der Waals surface area contributed by atoms with E-state index in [1.165, 1.54) is 0 Å². The molecule has 0 fully saturated rings. The van der Waals surface area contributed by atoms with Crippen molar-refractivity contribution in [2.24, 2.45) is 5.73 Å². The molecule has 0 atom stereocenters. The quantitative estimate of drug-likeness (QED) is 0.462. The van der Waals surface area contributed by atoms with E-state index in [9.17, 15) is 4.79 Å². The van der Waals surface area contributed by atoms with Crippen LogP contribution in [0.15, 0.2) is 0 Å². The molecule has 0 aliphatic rings. The summed E-state index contributed by atoms with van der Waals surface area (Å²) in [7, 11) is 0. The van der Waals surface area contributed by atoms with Crippen molar-refractivity contribution in [1.82, 2.24) is 5.32 Å². The van der Waals surface area contributed by atoms with E-state index in [0.29, 0.717) is 13.0 Å². The van der Waals surface area contributed by atoms with Gasteiger partial charge in [0.05, 0.1) is 0 Å². The largest absolute Gasteiger partial charge is 0.481 e. The van der Waals surface area contributed by atoms with Gasteiger partial charge in [0.1, 0.15) is 0 Å². The highest BCUT2D eigenvalue weighted by atomic mass is 16.4. The van der Waals surface area contributed by atoms with Crippen LogP contribution in [0.4, 0.5) is 0 Å². The SMILES string of the molecule is NCCNCCCCCCC(=O)O. The van der Waals surface area contributed by atoms with Gasteiger partial charge in [-0.2, -0.15) is 0 Å². The predicted molar refractivity (Wildman–Crippen MR) is 52.6 cm³/mol. The second-order valence-electron chi connectivity index (χ2n) is 3.10. The summed E-state index contributed by atoms with van der Waals surface area (Å²) in [6, 6.07) is 0. The second kappa shape index (κ2) is 9.48. The van der Waals surface area contributed by atoms with E-state index >= 15 is 0 Å². The van der Waals surface area contributed by atoms with Gasteiger partial charge in [-0.25, -0.2) is 0 Å². The molecule has 0 aromatic carbocycles. The van der Waals surface area contributed by atoms with Gasteiger partial charge in [-0.3, -0.25) is 4.79 Å². The van der Waals surface area contributed by atoms with E-state index in [0.717, 1.165) is 38.8 Å². The molecule has 0 radical (unpaired) electrons. The number of hydrogen-bond acceptors (Lipinski definition) is 3. The predicted octanol–water partition coefficient (Wildman–Crippen LogP) is 0.570. The molecule has 0 aliphatic carbocycles. The average molecular weight is 188 g/mol. The first kappa shape index (κ1) is 12.4. The molecular weight excluding hydrogens is 168 g/mol. The smallest absolute Gasteiger partial charge is 0.303 e. The Bertz CT molecular complexity index is 129. The zero-order valence-electron chi connectivity index (χ0n) is 8.09. The maximum atomic E-state index is 10.1. The van der Waals surface area contributed by atoms with Crippen LogP contribution in [-0.2, 0) is 4.79 Å². The van der Waals surface area contributed by atoms with Crippen molar-refractivity contribution in [3.63, 3.8) is 0 Å². The second-order valence-corrected chi connectivity index (χ2v) is 3.10. The lowest BCUT2D eigenvalue weighted by Gasteiger charge is -2.01. The summed E-state index contributed by atoms with van der Waals surface area (Å²) < 4.78 is 0. The summed E-state index contributed by atoms with van der Waals surface area (Å²) in [4.78, 5) is 10.1. The third-order valence-corrected chi connectivity index (χ3v) is 1.82. The first-order valence-corrected chi connectivity index (χ1v) is 4.90. The molecule has 0 aromatic heterocycles. The van der Waals surface area contributed by atoms with Crippen molar-refractivity contribution < 1.29 is 9.90 Å². The molecule has 0 saturated heterocycles. The standard InChI is InChI=1S/C9H20N2O2/c10-6-8-11-7-4-2-1-3-5-9(12)13/h11H,1-8,10H2,(H,12,13). The fourth-order valence-electron chi connectivity index (χ4n) is 1.11. The van der Waals surface area contributed by atoms with E-state index < -0.39 is 5.97 Å². The summed E-state index contributed by atoms with van der Waals surface area (Å²) in [5, 5.41) is 11.6. The molecule has 78 valence electrons. The van der Waals surface area contributed by atoms with Gasteiger partial charge in [0, 0.05) is 19.5 Å². The molecule has 4 N–H and O–H groups in total. The summed E-state index contributed by atoms with van der Waals surface area (Å²) in [6.45, 7) is 2.54. The van der Waals surface area contributed by atoms with Crippen LogP contribution < -0.4 is 11.1 Å². The number of hydrogen-bond donors (Lipinski definition) is 3. The van der Waals surface area contributed by atoms with Crippen molar-refractivity contribution in [3.05, 3.63) is 0 Å². The number of nitrogens with two attached hydrogens (primary N) is 1.